The van der Waals surface area contributed by atoms with Gasteiger partial charge in [-0.25, -0.2) is 4.39 Å². The second-order valence-electron chi connectivity index (χ2n) is 8.09. The standard InChI is InChI=1S/C24H27FN4OS/c1-17-7-6-8-18(2)28(17)23(30)16-31-24-27-26-22(15-19-9-4-3-5-10-19)29(24)21-13-11-20(25)12-14-21/h3-5,9-14,17-18H,6-8,15-16H2,1-2H3/t17-,18+. The van der Waals surface area contributed by atoms with Crippen molar-refractivity contribution in [2.24, 2.45) is 0 Å². The molecule has 31 heavy (non-hydrogen) atoms. The number of benzene rings is 2. The lowest BCUT2D eigenvalue weighted by atomic mass is 9.98. The van der Waals surface area contributed by atoms with Crippen molar-refractivity contribution in [1.29, 1.82) is 0 Å². The fraction of sp³-hybridized carbons (Fsp3) is 0.375. The lowest BCUT2D eigenvalue weighted by molar-refractivity contribution is -0.134. The summed E-state index contributed by atoms with van der Waals surface area (Å²) in [4.78, 5) is 15.0. The van der Waals surface area contributed by atoms with Gasteiger partial charge in [0.15, 0.2) is 5.16 Å². The zero-order valence-electron chi connectivity index (χ0n) is 17.9. The van der Waals surface area contributed by atoms with Gasteiger partial charge in [0.1, 0.15) is 11.6 Å². The van der Waals surface area contributed by atoms with Gasteiger partial charge in [0.2, 0.25) is 5.91 Å². The van der Waals surface area contributed by atoms with Crippen LogP contribution in [0.5, 0.6) is 0 Å². The smallest absolute Gasteiger partial charge is 0.233 e. The molecule has 0 unspecified atom stereocenters. The highest BCUT2D eigenvalue weighted by atomic mass is 32.2. The first-order valence-electron chi connectivity index (χ1n) is 10.7. The highest BCUT2D eigenvalue weighted by Gasteiger charge is 2.29. The van der Waals surface area contributed by atoms with Gasteiger partial charge in [-0.05, 0) is 62.9 Å². The van der Waals surface area contributed by atoms with E-state index in [-0.39, 0.29) is 23.8 Å². The maximum absolute atomic E-state index is 13.5. The van der Waals surface area contributed by atoms with Crippen LogP contribution in [0.4, 0.5) is 4.39 Å². The van der Waals surface area contributed by atoms with E-state index in [0.717, 1.165) is 29.9 Å². The largest absolute Gasteiger partial charge is 0.337 e. The van der Waals surface area contributed by atoms with Gasteiger partial charge in [-0.15, -0.1) is 10.2 Å². The van der Waals surface area contributed by atoms with Gasteiger partial charge in [-0.1, -0.05) is 42.1 Å². The second kappa shape index (κ2) is 9.64. The summed E-state index contributed by atoms with van der Waals surface area (Å²) in [5, 5.41) is 9.42. The van der Waals surface area contributed by atoms with E-state index in [1.165, 1.54) is 30.3 Å². The second-order valence-corrected chi connectivity index (χ2v) is 9.03. The Morgan fingerprint density at radius 2 is 1.71 bits per heavy atom. The van der Waals surface area contributed by atoms with Crippen LogP contribution in [0, 0.1) is 5.82 Å². The molecule has 1 aromatic heterocycles. The molecule has 1 saturated heterocycles. The molecule has 162 valence electrons. The van der Waals surface area contributed by atoms with Gasteiger partial charge in [0, 0.05) is 24.2 Å². The molecule has 4 rings (SSSR count). The van der Waals surface area contributed by atoms with Gasteiger partial charge in [0.05, 0.1) is 5.75 Å². The normalized spacial score (nSPS) is 18.9. The van der Waals surface area contributed by atoms with Crippen LogP contribution in [-0.2, 0) is 11.2 Å². The van der Waals surface area contributed by atoms with Crippen molar-refractivity contribution < 1.29 is 9.18 Å². The molecular formula is C24H27FN4OS. The molecular weight excluding hydrogens is 411 g/mol. The van der Waals surface area contributed by atoms with E-state index < -0.39 is 0 Å². The summed E-state index contributed by atoms with van der Waals surface area (Å²) in [5.41, 5.74) is 1.90. The number of nitrogens with zero attached hydrogens (tertiary/aromatic N) is 4. The minimum absolute atomic E-state index is 0.128. The van der Waals surface area contributed by atoms with Gasteiger partial charge >= 0.3 is 0 Å². The predicted octanol–water partition coefficient (Wildman–Crippen LogP) is 4.88. The quantitative estimate of drug-likeness (QED) is 0.515. The number of halogens is 1. The van der Waals surface area contributed by atoms with Gasteiger partial charge < -0.3 is 4.90 Å². The third-order valence-corrected chi connectivity index (χ3v) is 6.71. The number of hydrogen-bond donors (Lipinski definition) is 0. The van der Waals surface area contributed by atoms with Crippen LogP contribution in [0.2, 0.25) is 0 Å². The highest BCUT2D eigenvalue weighted by Crippen LogP contribution is 2.27. The summed E-state index contributed by atoms with van der Waals surface area (Å²) >= 11 is 1.39. The van der Waals surface area contributed by atoms with Crippen LogP contribution < -0.4 is 0 Å². The van der Waals surface area contributed by atoms with E-state index in [1.54, 1.807) is 12.1 Å². The Morgan fingerprint density at radius 1 is 1.03 bits per heavy atom. The summed E-state index contributed by atoms with van der Waals surface area (Å²) in [6, 6.07) is 16.9. The maximum Gasteiger partial charge on any atom is 0.233 e. The molecule has 2 atom stereocenters. The fourth-order valence-electron chi connectivity index (χ4n) is 4.25. The summed E-state index contributed by atoms with van der Waals surface area (Å²) in [6.45, 7) is 4.24. The molecule has 5 nitrogen and oxygen atoms in total. The lowest BCUT2D eigenvalue weighted by Gasteiger charge is -2.39. The lowest BCUT2D eigenvalue weighted by Crippen LogP contribution is -2.48. The molecule has 0 radical (unpaired) electrons. The van der Waals surface area contributed by atoms with Crippen LogP contribution in [-0.4, -0.2) is 43.4 Å². The van der Waals surface area contributed by atoms with E-state index in [2.05, 4.69) is 24.0 Å². The molecule has 0 spiro atoms. The molecule has 1 aliphatic rings. The number of rotatable bonds is 6. The van der Waals surface area contributed by atoms with Crippen LogP contribution in [0.1, 0.15) is 44.5 Å². The van der Waals surface area contributed by atoms with E-state index in [9.17, 15) is 9.18 Å². The van der Waals surface area contributed by atoms with Crippen molar-refractivity contribution in [2.75, 3.05) is 5.75 Å². The number of likely N-dealkylation sites (tertiary alicyclic amines) is 1. The molecule has 0 N–H and O–H groups in total. The molecule has 0 saturated carbocycles. The minimum atomic E-state index is -0.293. The maximum atomic E-state index is 13.5. The van der Waals surface area contributed by atoms with Crippen LogP contribution in [0.25, 0.3) is 5.69 Å². The average Bonchev–Trinajstić information content (AvgIpc) is 3.16. The molecule has 1 aliphatic heterocycles. The number of piperidine rings is 1. The summed E-state index contributed by atoms with van der Waals surface area (Å²) in [7, 11) is 0. The Bertz CT molecular complexity index is 1010. The van der Waals surface area contributed by atoms with Gasteiger partial charge in [0.25, 0.3) is 0 Å². The average molecular weight is 439 g/mol. The molecule has 2 aromatic carbocycles. The zero-order valence-corrected chi connectivity index (χ0v) is 18.7. The zero-order chi connectivity index (χ0) is 21.8. The number of aromatic nitrogens is 3. The first-order valence-corrected chi connectivity index (χ1v) is 11.7. The summed E-state index contributed by atoms with van der Waals surface area (Å²) in [5.74, 6) is 0.897. The Hall–Kier alpha value is -2.67. The number of amides is 1. The van der Waals surface area contributed by atoms with E-state index in [0.29, 0.717) is 17.3 Å². The van der Waals surface area contributed by atoms with Crippen LogP contribution in [0.15, 0.2) is 59.8 Å². The Kier molecular flexibility index (Phi) is 6.70. The molecule has 7 heteroatoms. The predicted molar refractivity (Wildman–Crippen MR) is 121 cm³/mol. The number of hydrogen-bond acceptors (Lipinski definition) is 4. The van der Waals surface area contributed by atoms with Gasteiger partial charge in [-0.3, -0.25) is 9.36 Å². The van der Waals surface area contributed by atoms with Crippen molar-refractivity contribution in [3.8, 4) is 5.69 Å². The number of thioether (sulfide) groups is 1. The molecule has 0 bridgehead atoms. The van der Waals surface area contributed by atoms with E-state index in [1.807, 2.05) is 39.8 Å². The van der Waals surface area contributed by atoms with Crippen LogP contribution in [0.3, 0.4) is 0 Å². The monoisotopic (exact) mass is 438 g/mol. The minimum Gasteiger partial charge on any atom is -0.337 e. The molecule has 3 aromatic rings. The first-order chi connectivity index (χ1) is 15.0. The molecule has 2 heterocycles. The number of carbonyl (C=O) groups excluding carboxylic acids is 1. The van der Waals surface area contributed by atoms with Crippen LogP contribution >= 0.6 is 11.8 Å². The van der Waals surface area contributed by atoms with E-state index in [4.69, 9.17) is 0 Å². The van der Waals surface area contributed by atoms with Crippen molar-refractivity contribution in [2.45, 2.75) is 56.8 Å². The SMILES string of the molecule is C[C@@H]1CCC[C@H](C)N1C(=O)CSc1nnc(Cc2ccccc2)n1-c1ccc(F)cc1. The molecule has 0 aliphatic carbocycles. The number of carbonyl (C=O) groups is 1. The third kappa shape index (κ3) is 4.98. The third-order valence-electron chi connectivity index (χ3n) is 5.80. The molecule has 1 fully saturated rings. The van der Waals surface area contributed by atoms with Crippen molar-refractivity contribution in [3.05, 3.63) is 71.8 Å². The fourth-order valence-corrected chi connectivity index (χ4v) is 5.09. The van der Waals surface area contributed by atoms with Crippen molar-refractivity contribution >= 4 is 17.7 Å². The Labute approximate surface area is 186 Å². The summed E-state index contributed by atoms with van der Waals surface area (Å²) in [6.07, 6.45) is 3.86. The molecule has 1 amide bonds. The Balaban J connectivity index is 1.58. The first kappa shape index (κ1) is 21.6. The van der Waals surface area contributed by atoms with Crippen molar-refractivity contribution in [1.82, 2.24) is 19.7 Å². The topological polar surface area (TPSA) is 51.0 Å². The van der Waals surface area contributed by atoms with Crippen molar-refractivity contribution in [3.63, 3.8) is 0 Å². The highest BCUT2D eigenvalue weighted by molar-refractivity contribution is 7.99. The summed E-state index contributed by atoms with van der Waals surface area (Å²) < 4.78 is 15.4. The van der Waals surface area contributed by atoms with E-state index >= 15 is 0 Å². The Morgan fingerprint density at radius 3 is 2.39 bits per heavy atom. The van der Waals surface area contributed by atoms with Gasteiger partial charge in [-0.2, -0.15) is 0 Å².